The molecule has 1 N–H and O–H groups in total. The predicted molar refractivity (Wildman–Crippen MR) is 123 cm³/mol. The normalized spacial score (nSPS) is 23.9. The molecule has 1 aliphatic heterocycles. The van der Waals surface area contributed by atoms with Gasteiger partial charge in [-0.3, -0.25) is 9.08 Å². The summed E-state index contributed by atoms with van der Waals surface area (Å²) in [6, 6.07) is 14.2. The Morgan fingerprint density at radius 1 is 1.16 bits per heavy atom. The van der Waals surface area contributed by atoms with Crippen LogP contribution in [0.3, 0.4) is 0 Å². The Labute approximate surface area is 184 Å². The smallest absolute Gasteiger partial charge is 0.296 e. The van der Waals surface area contributed by atoms with Gasteiger partial charge in [-0.25, -0.2) is 0 Å². The Balaban J connectivity index is 1.40. The van der Waals surface area contributed by atoms with Crippen molar-refractivity contribution in [3.05, 3.63) is 65.4 Å². The van der Waals surface area contributed by atoms with Crippen molar-refractivity contribution in [1.29, 1.82) is 0 Å². The molecular formula is C25H30N2O3S. The Kier molecular flexibility index (Phi) is 5.19. The maximum atomic E-state index is 12.7. The first-order valence-corrected chi connectivity index (χ1v) is 12.5. The molecule has 5 nitrogen and oxygen atoms in total. The molecule has 0 bridgehead atoms. The van der Waals surface area contributed by atoms with Gasteiger partial charge in [0, 0.05) is 41.6 Å². The molecule has 5 rings (SSSR count). The van der Waals surface area contributed by atoms with Gasteiger partial charge < -0.3 is 4.98 Å². The molecule has 3 atom stereocenters. The molecule has 1 unspecified atom stereocenters. The number of likely N-dealkylation sites (tertiary alicyclic amines) is 1. The Bertz CT molecular complexity index is 1200. The van der Waals surface area contributed by atoms with Gasteiger partial charge in [0.2, 0.25) is 0 Å². The zero-order chi connectivity index (χ0) is 21.8. The molecule has 1 aromatic heterocycles. The number of nitrogens with zero attached hydrogens (tertiary/aromatic N) is 1. The van der Waals surface area contributed by atoms with Crippen LogP contribution >= 0.6 is 0 Å². The van der Waals surface area contributed by atoms with Crippen LogP contribution in [0.15, 0.2) is 53.6 Å². The lowest BCUT2D eigenvalue weighted by atomic mass is 9.72. The average molecular weight is 439 g/mol. The van der Waals surface area contributed by atoms with E-state index in [0.717, 1.165) is 24.9 Å². The molecule has 2 aliphatic rings. The van der Waals surface area contributed by atoms with E-state index in [-0.39, 0.29) is 17.4 Å². The second-order valence-electron chi connectivity index (χ2n) is 9.41. The molecule has 164 valence electrons. The monoisotopic (exact) mass is 438 g/mol. The van der Waals surface area contributed by atoms with Crippen LogP contribution in [0, 0.1) is 12.8 Å². The predicted octanol–water partition coefficient (Wildman–Crippen LogP) is 4.62. The lowest BCUT2D eigenvalue weighted by molar-refractivity contribution is 0.0406. The minimum Gasteiger partial charge on any atom is -0.361 e. The fourth-order valence-electron chi connectivity index (χ4n) is 5.50. The van der Waals surface area contributed by atoms with Crippen molar-refractivity contribution in [2.24, 2.45) is 5.92 Å². The van der Waals surface area contributed by atoms with Gasteiger partial charge in [-0.05, 0) is 68.9 Å². The van der Waals surface area contributed by atoms with E-state index in [2.05, 4.69) is 48.1 Å². The van der Waals surface area contributed by atoms with E-state index in [1.54, 1.807) is 24.3 Å². The zero-order valence-electron chi connectivity index (χ0n) is 18.3. The molecule has 2 aromatic carbocycles. The molecule has 3 aromatic rings. The third kappa shape index (κ3) is 3.71. The summed E-state index contributed by atoms with van der Waals surface area (Å²) in [6.07, 6.45) is 4.14. The summed E-state index contributed by atoms with van der Waals surface area (Å²) < 4.78 is 31.0. The Morgan fingerprint density at radius 3 is 2.68 bits per heavy atom. The van der Waals surface area contributed by atoms with E-state index in [9.17, 15) is 8.42 Å². The van der Waals surface area contributed by atoms with Crippen LogP contribution in [0.1, 0.15) is 42.9 Å². The second-order valence-corrected chi connectivity index (χ2v) is 11.0. The van der Waals surface area contributed by atoms with Crippen molar-refractivity contribution in [1.82, 2.24) is 9.88 Å². The third-order valence-corrected chi connectivity index (χ3v) is 8.32. The molecule has 0 saturated carbocycles. The number of rotatable bonds is 5. The molecule has 1 saturated heterocycles. The standard InChI is InChI=1S/C25H30N2O3S/c1-16(2)27-14-18(15-30-31(28,29)20-9-7-17(3)8-10-20)11-22-21-5-4-6-23-25(21)19(13-26-23)12-24(22)27/h4-10,13,16,18,22,24,26H,11-12,14-15H2,1-3H3/t18?,22-,24-/m1/s1. The van der Waals surface area contributed by atoms with Gasteiger partial charge in [-0.2, -0.15) is 8.42 Å². The molecular weight excluding hydrogens is 408 g/mol. The Morgan fingerprint density at radius 2 is 1.94 bits per heavy atom. The number of benzene rings is 2. The summed E-state index contributed by atoms with van der Waals surface area (Å²) in [5.74, 6) is 0.554. The van der Waals surface area contributed by atoms with E-state index in [0.29, 0.717) is 18.0 Å². The number of aromatic nitrogens is 1. The van der Waals surface area contributed by atoms with E-state index in [1.807, 2.05) is 6.92 Å². The van der Waals surface area contributed by atoms with Crippen LogP contribution in [0.25, 0.3) is 10.9 Å². The minimum absolute atomic E-state index is 0.166. The third-order valence-electron chi connectivity index (χ3n) is 7.03. The van der Waals surface area contributed by atoms with Crippen LogP contribution in [-0.2, 0) is 20.7 Å². The van der Waals surface area contributed by atoms with Crippen molar-refractivity contribution in [3.8, 4) is 0 Å². The molecule has 0 spiro atoms. The Hall–Kier alpha value is -2.15. The maximum Gasteiger partial charge on any atom is 0.296 e. The van der Waals surface area contributed by atoms with Crippen LogP contribution in [0.2, 0.25) is 0 Å². The summed E-state index contributed by atoms with van der Waals surface area (Å²) in [5, 5.41) is 1.36. The first-order valence-electron chi connectivity index (χ1n) is 11.1. The highest BCUT2D eigenvalue weighted by Gasteiger charge is 2.42. The lowest BCUT2D eigenvalue weighted by Crippen LogP contribution is -2.53. The first kappa shape index (κ1) is 20.7. The lowest BCUT2D eigenvalue weighted by Gasteiger charge is -2.48. The van der Waals surface area contributed by atoms with Gasteiger partial charge in [0.15, 0.2) is 0 Å². The van der Waals surface area contributed by atoms with Crippen molar-refractivity contribution in [3.63, 3.8) is 0 Å². The van der Waals surface area contributed by atoms with E-state index < -0.39 is 10.1 Å². The number of piperidine rings is 1. The second kappa shape index (κ2) is 7.76. The summed E-state index contributed by atoms with van der Waals surface area (Å²) in [7, 11) is -3.75. The van der Waals surface area contributed by atoms with Crippen molar-refractivity contribution in [2.45, 2.75) is 56.5 Å². The minimum atomic E-state index is -3.75. The summed E-state index contributed by atoms with van der Waals surface area (Å²) in [5.41, 5.74) is 5.01. The quantitative estimate of drug-likeness (QED) is 0.591. The fourth-order valence-corrected chi connectivity index (χ4v) is 6.48. The molecule has 1 fully saturated rings. The number of hydrogen-bond acceptors (Lipinski definition) is 4. The zero-order valence-corrected chi connectivity index (χ0v) is 19.2. The van der Waals surface area contributed by atoms with Gasteiger partial charge in [0.05, 0.1) is 11.5 Å². The summed E-state index contributed by atoms with van der Waals surface area (Å²) in [4.78, 5) is 6.21. The SMILES string of the molecule is Cc1ccc(S(=O)(=O)OCC2C[C@@H]3c4cccc5[nH]cc(c45)C[C@H]3N(C(C)C)C2)cc1. The number of aromatic amines is 1. The number of H-pyrrole nitrogens is 1. The van der Waals surface area contributed by atoms with Gasteiger partial charge in [-0.15, -0.1) is 0 Å². The molecule has 0 radical (unpaired) electrons. The number of aryl methyl sites for hydroxylation is 1. The average Bonchev–Trinajstić information content (AvgIpc) is 3.16. The summed E-state index contributed by atoms with van der Waals surface area (Å²) in [6.45, 7) is 7.49. The molecule has 1 aliphatic carbocycles. The largest absolute Gasteiger partial charge is 0.361 e. The van der Waals surface area contributed by atoms with Crippen LogP contribution in [0.4, 0.5) is 0 Å². The van der Waals surface area contributed by atoms with Gasteiger partial charge in [0.25, 0.3) is 10.1 Å². The molecule has 0 amide bonds. The maximum absolute atomic E-state index is 12.7. The van der Waals surface area contributed by atoms with Gasteiger partial charge in [0.1, 0.15) is 0 Å². The van der Waals surface area contributed by atoms with Crippen LogP contribution in [-0.4, -0.2) is 43.5 Å². The van der Waals surface area contributed by atoms with Crippen molar-refractivity contribution in [2.75, 3.05) is 13.2 Å². The first-order chi connectivity index (χ1) is 14.8. The van der Waals surface area contributed by atoms with Crippen molar-refractivity contribution >= 4 is 21.0 Å². The molecule has 2 heterocycles. The van der Waals surface area contributed by atoms with E-state index in [1.165, 1.54) is 22.0 Å². The van der Waals surface area contributed by atoms with Crippen LogP contribution in [0.5, 0.6) is 0 Å². The van der Waals surface area contributed by atoms with E-state index >= 15 is 0 Å². The highest BCUT2D eigenvalue weighted by Crippen LogP contribution is 2.45. The number of hydrogen-bond donors (Lipinski definition) is 1. The summed E-state index contributed by atoms with van der Waals surface area (Å²) >= 11 is 0. The highest BCUT2D eigenvalue weighted by molar-refractivity contribution is 7.86. The number of nitrogens with one attached hydrogen (secondary N) is 1. The molecule has 6 heteroatoms. The molecule has 31 heavy (non-hydrogen) atoms. The van der Waals surface area contributed by atoms with Gasteiger partial charge in [-0.1, -0.05) is 29.8 Å². The van der Waals surface area contributed by atoms with E-state index in [4.69, 9.17) is 4.18 Å². The van der Waals surface area contributed by atoms with Crippen molar-refractivity contribution < 1.29 is 12.6 Å². The van der Waals surface area contributed by atoms with Gasteiger partial charge >= 0.3 is 0 Å². The fraction of sp³-hybridized carbons (Fsp3) is 0.440. The topological polar surface area (TPSA) is 62.4 Å². The number of fused-ring (bicyclic) bond motifs is 2. The van der Waals surface area contributed by atoms with Crippen LogP contribution < -0.4 is 0 Å². The highest BCUT2D eigenvalue weighted by atomic mass is 32.2.